The monoisotopic (exact) mass is 224 g/mol. The van der Waals surface area contributed by atoms with Gasteiger partial charge in [-0.1, -0.05) is 13.0 Å². The van der Waals surface area contributed by atoms with E-state index in [4.69, 9.17) is 14.6 Å². The van der Waals surface area contributed by atoms with Crippen LogP contribution in [0.2, 0.25) is 0 Å². The molecule has 1 aromatic rings. The zero-order valence-corrected chi connectivity index (χ0v) is 10.2. The van der Waals surface area contributed by atoms with Crippen LogP contribution in [0.15, 0.2) is 18.2 Å². The Labute approximate surface area is 97.0 Å². The van der Waals surface area contributed by atoms with Crippen LogP contribution in [-0.2, 0) is 0 Å². The molecule has 1 N–H and O–H groups in total. The molecule has 0 aliphatic carbocycles. The summed E-state index contributed by atoms with van der Waals surface area (Å²) in [5, 5.41) is 9.17. The van der Waals surface area contributed by atoms with E-state index in [2.05, 4.69) is 0 Å². The fourth-order valence-corrected chi connectivity index (χ4v) is 1.56. The third kappa shape index (κ3) is 3.14. The molecule has 16 heavy (non-hydrogen) atoms. The van der Waals surface area contributed by atoms with Crippen molar-refractivity contribution < 1.29 is 14.6 Å². The van der Waals surface area contributed by atoms with Gasteiger partial charge in [0.05, 0.1) is 13.2 Å². The smallest absolute Gasteiger partial charge is 0.126 e. The van der Waals surface area contributed by atoms with Gasteiger partial charge in [0.25, 0.3) is 0 Å². The topological polar surface area (TPSA) is 38.7 Å². The van der Waals surface area contributed by atoms with Crippen LogP contribution in [0.3, 0.4) is 0 Å². The zero-order valence-electron chi connectivity index (χ0n) is 10.2. The Morgan fingerprint density at radius 2 is 1.88 bits per heavy atom. The summed E-state index contributed by atoms with van der Waals surface area (Å²) in [5.41, 5.74) is 1.02. The van der Waals surface area contributed by atoms with E-state index in [1.54, 1.807) is 0 Å². The quantitative estimate of drug-likeness (QED) is 0.807. The molecule has 3 heteroatoms. The van der Waals surface area contributed by atoms with Crippen molar-refractivity contribution in [1.82, 2.24) is 0 Å². The Kier molecular flexibility index (Phi) is 5.12. The summed E-state index contributed by atoms with van der Waals surface area (Å²) in [5.74, 6) is 1.69. The van der Waals surface area contributed by atoms with E-state index in [9.17, 15) is 0 Å². The van der Waals surface area contributed by atoms with Crippen molar-refractivity contribution in [3.63, 3.8) is 0 Å². The van der Waals surface area contributed by atoms with Gasteiger partial charge in [-0.25, -0.2) is 0 Å². The number of ether oxygens (including phenoxy) is 2. The molecular formula is C13H20O3. The van der Waals surface area contributed by atoms with Crippen molar-refractivity contribution in [3.05, 3.63) is 23.8 Å². The van der Waals surface area contributed by atoms with Crippen LogP contribution in [0, 0.1) is 0 Å². The normalized spacial score (nSPS) is 12.2. The molecular weight excluding hydrogens is 204 g/mol. The molecule has 1 atom stereocenters. The maximum absolute atomic E-state index is 9.17. The molecule has 1 unspecified atom stereocenters. The highest BCUT2D eigenvalue weighted by Gasteiger charge is 2.11. The third-order valence-electron chi connectivity index (χ3n) is 2.40. The lowest BCUT2D eigenvalue weighted by atomic mass is 10.0. The van der Waals surface area contributed by atoms with Crippen LogP contribution in [-0.4, -0.2) is 24.9 Å². The van der Waals surface area contributed by atoms with Gasteiger partial charge in [-0.2, -0.15) is 0 Å². The maximum Gasteiger partial charge on any atom is 0.126 e. The zero-order chi connectivity index (χ0) is 12.0. The number of rotatable bonds is 6. The van der Waals surface area contributed by atoms with Gasteiger partial charge >= 0.3 is 0 Å². The molecule has 90 valence electrons. The molecule has 0 heterocycles. The minimum absolute atomic E-state index is 0.0808. The molecule has 0 fully saturated rings. The first-order chi connectivity index (χ1) is 7.72. The fraction of sp³-hybridized carbons (Fsp3) is 0.538. The predicted octanol–water partition coefficient (Wildman–Crippen LogP) is 2.58. The first kappa shape index (κ1) is 12.8. The lowest BCUT2D eigenvalue weighted by Crippen LogP contribution is -2.04. The Morgan fingerprint density at radius 3 is 2.44 bits per heavy atom. The molecule has 0 aliphatic heterocycles. The van der Waals surface area contributed by atoms with Gasteiger partial charge < -0.3 is 14.6 Å². The SMILES string of the molecule is CCOc1ccc(C(C)CO)c(OCC)c1. The van der Waals surface area contributed by atoms with Crippen LogP contribution in [0.5, 0.6) is 11.5 Å². The van der Waals surface area contributed by atoms with Crippen molar-refractivity contribution in [2.24, 2.45) is 0 Å². The highest BCUT2D eigenvalue weighted by atomic mass is 16.5. The lowest BCUT2D eigenvalue weighted by Gasteiger charge is -2.16. The summed E-state index contributed by atoms with van der Waals surface area (Å²) in [6.45, 7) is 7.23. The molecule has 0 radical (unpaired) electrons. The Balaban J connectivity index is 2.98. The maximum atomic E-state index is 9.17. The average Bonchev–Trinajstić information content (AvgIpc) is 2.29. The van der Waals surface area contributed by atoms with Crippen molar-refractivity contribution in [3.8, 4) is 11.5 Å². The molecule has 0 aromatic heterocycles. The summed E-state index contributed by atoms with van der Waals surface area (Å²) in [7, 11) is 0. The Morgan fingerprint density at radius 1 is 1.19 bits per heavy atom. The highest BCUT2D eigenvalue weighted by Crippen LogP contribution is 2.30. The van der Waals surface area contributed by atoms with Crippen LogP contribution in [0.25, 0.3) is 0 Å². The molecule has 0 aliphatic rings. The molecule has 0 amide bonds. The van der Waals surface area contributed by atoms with E-state index < -0.39 is 0 Å². The molecule has 3 nitrogen and oxygen atoms in total. The van der Waals surface area contributed by atoms with Crippen molar-refractivity contribution >= 4 is 0 Å². The van der Waals surface area contributed by atoms with E-state index in [1.807, 2.05) is 39.0 Å². The number of hydrogen-bond donors (Lipinski definition) is 1. The standard InChI is InChI=1S/C13H20O3/c1-4-15-11-6-7-12(10(3)9-14)13(8-11)16-5-2/h6-8,10,14H,4-5,9H2,1-3H3. The second-order valence-corrected chi connectivity index (χ2v) is 3.65. The van der Waals surface area contributed by atoms with E-state index in [0.717, 1.165) is 17.1 Å². The molecule has 1 aromatic carbocycles. The molecule has 1 rings (SSSR count). The Bertz CT molecular complexity index is 323. The molecule has 0 saturated heterocycles. The van der Waals surface area contributed by atoms with Gasteiger partial charge in [-0.05, 0) is 25.5 Å². The second-order valence-electron chi connectivity index (χ2n) is 3.65. The Hall–Kier alpha value is -1.22. The largest absolute Gasteiger partial charge is 0.494 e. The summed E-state index contributed by atoms with van der Waals surface area (Å²) in [6, 6.07) is 5.75. The third-order valence-corrected chi connectivity index (χ3v) is 2.40. The number of aliphatic hydroxyl groups excluding tert-OH is 1. The van der Waals surface area contributed by atoms with E-state index in [0.29, 0.717) is 13.2 Å². The summed E-state index contributed by atoms with van der Waals surface area (Å²) < 4.78 is 11.0. The van der Waals surface area contributed by atoms with Crippen molar-refractivity contribution in [2.45, 2.75) is 26.7 Å². The average molecular weight is 224 g/mol. The highest BCUT2D eigenvalue weighted by molar-refractivity contribution is 5.42. The van der Waals surface area contributed by atoms with Crippen LogP contribution >= 0.6 is 0 Å². The van der Waals surface area contributed by atoms with Gasteiger partial charge in [0, 0.05) is 18.6 Å². The molecule has 0 saturated carbocycles. The van der Waals surface area contributed by atoms with Gasteiger partial charge in [-0.15, -0.1) is 0 Å². The summed E-state index contributed by atoms with van der Waals surface area (Å²) in [6.07, 6.45) is 0. The van der Waals surface area contributed by atoms with E-state index in [1.165, 1.54) is 0 Å². The van der Waals surface area contributed by atoms with Gasteiger partial charge in [0.1, 0.15) is 11.5 Å². The minimum atomic E-state index is 0.0808. The number of aliphatic hydroxyl groups is 1. The first-order valence-corrected chi connectivity index (χ1v) is 5.73. The van der Waals surface area contributed by atoms with Gasteiger partial charge in [0.15, 0.2) is 0 Å². The van der Waals surface area contributed by atoms with Crippen LogP contribution < -0.4 is 9.47 Å². The summed E-state index contributed by atoms with van der Waals surface area (Å²) >= 11 is 0. The second kappa shape index (κ2) is 6.38. The van der Waals surface area contributed by atoms with Gasteiger partial charge in [0.2, 0.25) is 0 Å². The number of hydrogen-bond acceptors (Lipinski definition) is 3. The lowest BCUT2D eigenvalue weighted by molar-refractivity contribution is 0.266. The summed E-state index contributed by atoms with van der Waals surface area (Å²) in [4.78, 5) is 0. The van der Waals surface area contributed by atoms with Crippen LogP contribution in [0.4, 0.5) is 0 Å². The minimum Gasteiger partial charge on any atom is -0.494 e. The van der Waals surface area contributed by atoms with E-state index >= 15 is 0 Å². The van der Waals surface area contributed by atoms with Gasteiger partial charge in [-0.3, -0.25) is 0 Å². The number of benzene rings is 1. The molecule has 0 spiro atoms. The predicted molar refractivity (Wildman–Crippen MR) is 64.3 cm³/mol. The van der Waals surface area contributed by atoms with Crippen molar-refractivity contribution in [2.75, 3.05) is 19.8 Å². The van der Waals surface area contributed by atoms with E-state index in [-0.39, 0.29) is 12.5 Å². The molecule has 0 bridgehead atoms. The fourth-order valence-electron chi connectivity index (χ4n) is 1.56. The van der Waals surface area contributed by atoms with Crippen molar-refractivity contribution in [1.29, 1.82) is 0 Å². The first-order valence-electron chi connectivity index (χ1n) is 5.73. The van der Waals surface area contributed by atoms with Crippen LogP contribution in [0.1, 0.15) is 32.3 Å².